The predicted octanol–water partition coefficient (Wildman–Crippen LogP) is 4.20. The van der Waals surface area contributed by atoms with Crippen LogP contribution < -0.4 is 10.1 Å². The summed E-state index contributed by atoms with van der Waals surface area (Å²) < 4.78 is 6.40. The van der Waals surface area contributed by atoms with Crippen LogP contribution in [-0.2, 0) is 0 Å². The monoisotopic (exact) mass is 293 g/mol. The highest BCUT2D eigenvalue weighted by Crippen LogP contribution is 2.37. The summed E-state index contributed by atoms with van der Waals surface area (Å²) in [5, 5.41) is 4.22. The van der Waals surface area contributed by atoms with Gasteiger partial charge in [-0.15, -0.1) is 0 Å². The largest absolute Gasteiger partial charge is 0.488 e. The van der Waals surface area contributed by atoms with E-state index in [4.69, 9.17) is 16.3 Å². The fourth-order valence-electron chi connectivity index (χ4n) is 3.67. The lowest BCUT2D eigenvalue weighted by Crippen LogP contribution is -2.35. The van der Waals surface area contributed by atoms with Gasteiger partial charge in [-0.05, 0) is 56.3 Å². The maximum absolute atomic E-state index is 6.40. The van der Waals surface area contributed by atoms with Crippen LogP contribution in [0, 0.1) is 18.8 Å². The zero-order valence-corrected chi connectivity index (χ0v) is 13.0. The highest BCUT2D eigenvalue weighted by Gasteiger charge is 2.35. The van der Waals surface area contributed by atoms with Gasteiger partial charge >= 0.3 is 0 Å². The van der Waals surface area contributed by atoms with Gasteiger partial charge in [0.25, 0.3) is 0 Å². The quantitative estimate of drug-likeness (QED) is 0.898. The van der Waals surface area contributed by atoms with E-state index in [0.717, 1.165) is 23.9 Å². The molecule has 1 N–H and O–H groups in total. The second-order valence-corrected chi connectivity index (χ2v) is 6.72. The molecule has 1 aromatic carbocycles. The molecule has 1 aromatic rings. The topological polar surface area (TPSA) is 21.3 Å². The fraction of sp³-hybridized carbons (Fsp3) is 0.647. The Kier molecular flexibility index (Phi) is 4.52. The molecule has 0 aromatic heterocycles. The van der Waals surface area contributed by atoms with E-state index in [1.54, 1.807) is 0 Å². The number of benzene rings is 1. The highest BCUT2D eigenvalue weighted by molar-refractivity contribution is 6.32. The van der Waals surface area contributed by atoms with E-state index in [1.807, 2.05) is 12.1 Å². The van der Waals surface area contributed by atoms with E-state index in [9.17, 15) is 0 Å². The minimum atomic E-state index is 0.327. The van der Waals surface area contributed by atoms with Crippen molar-refractivity contribution in [1.82, 2.24) is 5.32 Å². The summed E-state index contributed by atoms with van der Waals surface area (Å²) in [6, 6.07) is 6.11. The normalized spacial score (nSPS) is 25.0. The minimum absolute atomic E-state index is 0.327. The predicted molar refractivity (Wildman–Crippen MR) is 83.5 cm³/mol. The van der Waals surface area contributed by atoms with Crippen molar-refractivity contribution >= 4 is 11.6 Å². The first kappa shape index (κ1) is 14.2. The van der Waals surface area contributed by atoms with E-state index in [2.05, 4.69) is 18.3 Å². The number of halogens is 1. The third-order valence-corrected chi connectivity index (χ3v) is 5.07. The first-order valence-corrected chi connectivity index (χ1v) is 8.25. The Bertz CT molecular complexity index is 434. The molecule has 2 aliphatic rings. The van der Waals surface area contributed by atoms with Crippen molar-refractivity contribution in [2.24, 2.45) is 11.8 Å². The molecule has 0 amide bonds. The third-order valence-electron chi connectivity index (χ3n) is 4.78. The van der Waals surface area contributed by atoms with Gasteiger partial charge < -0.3 is 10.1 Å². The molecule has 2 atom stereocenters. The van der Waals surface area contributed by atoms with Crippen LogP contribution in [0.4, 0.5) is 0 Å². The average Bonchev–Trinajstić information content (AvgIpc) is 3.11. The molecular formula is C17H24ClNO. The molecule has 0 bridgehead atoms. The summed E-state index contributed by atoms with van der Waals surface area (Å²) in [5.41, 5.74) is 1.18. The molecular weight excluding hydrogens is 270 g/mol. The zero-order chi connectivity index (χ0) is 13.9. The van der Waals surface area contributed by atoms with Gasteiger partial charge in [0.15, 0.2) is 0 Å². The first-order valence-electron chi connectivity index (χ1n) is 7.87. The van der Waals surface area contributed by atoms with Gasteiger partial charge in [0.2, 0.25) is 0 Å². The van der Waals surface area contributed by atoms with Crippen LogP contribution in [0.3, 0.4) is 0 Å². The lowest BCUT2D eigenvalue weighted by molar-refractivity contribution is 0.0844. The molecule has 2 fully saturated rings. The van der Waals surface area contributed by atoms with Crippen molar-refractivity contribution in [1.29, 1.82) is 0 Å². The van der Waals surface area contributed by atoms with Crippen molar-refractivity contribution in [2.45, 2.75) is 45.1 Å². The number of hydrogen-bond acceptors (Lipinski definition) is 2. The molecule has 2 nitrogen and oxygen atoms in total. The highest BCUT2D eigenvalue weighted by atomic mass is 35.5. The second kappa shape index (κ2) is 6.36. The van der Waals surface area contributed by atoms with Crippen LogP contribution in [0.15, 0.2) is 18.2 Å². The lowest BCUT2D eigenvalue weighted by atomic mass is 9.89. The van der Waals surface area contributed by atoms with Crippen molar-refractivity contribution in [3.05, 3.63) is 28.8 Å². The molecule has 20 heavy (non-hydrogen) atoms. The summed E-state index contributed by atoms with van der Waals surface area (Å²) in [6.45, 7) is 4.27. The SMILES string of the molecule is Cc1ccc(OC(C2CCCC2)C2CCNC2)c(Cl)c1. The average molecular weight is 294 g/mol. The van der Waals surface area contributed by atoms with E-state index < -0.39 is 0 Å². The molecule has 110 valence electrons. The van der Waals surface area contributed by atoms with Crippen LogP contribution >= 0.6 is 11.6 Å². The maximum atomic E-state index is 6.40. The molecule has 1 heterocycles. The van der Waals surface area contributed by atoms with Gasteiger partial charge in [0.05, 0.1) is 5.02 Å². The van der Waals surface area contributed by atoms with E-state index in [1.165, 1.54) is 37.7 Å². The third kappa shape index (κ3) is 3.12. The molecule has 1 saturated carbocycles. The Balaban J connectivity index is 1.77. The molecule has 0 radical (unpaired) electrons. The summed E-state index contributed by atoms with van der Waals surface area (Å²) >= 11 is 6.35. The van der Waals surface area contributed by atoms with Gasteiger partial charge in [-0.2, -0.15) is 0 Å². The number of nitrogens with one attached hydrogen (secondary N) is 1. The molecule has 3 heteroatoms. The number of hydrogen-bond donors (Lipinski definition) is 1. The van der Waals surface area contributed by atoms with Crippen molar-refractivity contribution < 1.29 is 4.74 Å². The Hall–Kier alpha value is -0.730. The summed E-state index contributed by atoms with van der Waals surface area (Å²) in [5.74, 6) is 2.20. The van der Waals surface area contributed by atoms with Crippen molar-refractivity contribution in [3.63, 3.8) is 0 Å². The van der Waals surface area contributed by atoms with Gasteiger partial charge in [-0.3, -0.25) is 0 Å². The first-order chi connectivity index (χ1) is 9.74. The van der Waals surface area contributed by atoms with Gasteiger partial charge in [-0.1, -0.05) is 30.5 Å². The molecule has 0 spiro atoms. The molecule has 1 saturated heterocycles. The van der Waals surface area contributed by atoms with Crippen LogP contribution in [-0.4, -0.2) is 19.2 Å². The van der Waals surface area contributed by atoms with Crippen molar-refractivity contribution in [3.8, 4) is 5.75 Å². The Morgan fingerprint density at radius 2 is 2.00 bits per heavy atom. The molecule has 3 rings (SSSR count). The van der Waals surface area contributed by atoms with Crippen LogP contribution in [0.2, 0.25) is 5.02 Å². The Morgan fingerprint density at radius 1 is 1.20 bits per heavy atom. The molecule has 1 aliphatic heterocycles. The van der Waals surface area contributed by atoms with Crippen LogP contribution in [0.1, 0.15) is 37.7 Å². The maximum Gasteiger partial charge on any atom is 0.138 e. The van der Waals surface area contributed by atoms with E-state index in [-0.39, 0.29) is 0 Å². The summed E-state index contributed by atoms with van der Waals surface area (Å²) in [7, 11) is 0. The summed E-state index contributed by atoms with van der Waals surface area (Å²) in [4.78, 5) is 0. The van der Waals surface area contributed by atoms with Crippen LogP contribution in [0.5, 0.6) is 5.75 Å². The number of ether oxygens (including phenoxy) is 1. The Labute approximate surface area is 126 Å². The number of rotatable bonds is 4. The van der Waals surface area contributed by atoms with E-state index >= 15 is 0 Å². The molecule has 1 aliphatic carbocycles. The van der Waals surface area contributed by atoms with Crippen LogP contribution in [0.25, 0.3) is 0 Å². The Morgan fingerprint density at radius 3 is 2.65 bits per heavy atom. The minimum Gasteiger partial charge on any atom is -0.488 e. The lowest BCUT2D eigenvalue weighted by Gasteiger charge is -2.30. The van der Waals surface area contributed by atoms with Gasteiger partial charge in [-0.25, -0.2) is 0 Å². The summed E-state index contributed by atoms with van der Waals surface area (Å²) in [6.07, 6.45) is 6.88. The fourth-order valence-corrected chi connectivity index (χ4v) is 3.95. The zero-order valence-electron chi connectivity index (χ0n) is 12.2. The smallest absolute Gasteiger partial charge is 0.138 e. The second-order valence-electron chi connectivity index (χ2n) is 6.31. The van der Waals surface area contributed by atoms with Crippen molar-refractivity contribution in [2.75, 3.05) is 13.1 Å². The standard InChI is InChI=1S/C17H24ClNO/c1-12-6-7-16(15(18)10-12)20-17(13-4-2-3-5-13)14-8-9-19-11-14/h6-7,10,13-14,17,19H,2-5,8-9,11H2,1H3. The van der Waals surface area contributed by atoms with Gasteiger partial charge in [0, 0.05) is 12.5 Å². The number of aryl methyl sites for hydroxylation is 1. The van der Waals surface area contributed by atoms with Gasteiger partial charge in [0.1, 0.15) is 11.9 Å². The van der Waals surface area contributed by atoms with E-state index in [0.29, 0.717) is 17.9 Å². The molecule has 2 unspecified atom stereocenters.